The van der Waals surface area contributed by atoms with Gasteiger partial charge in [-0.3, -0.25) is 0 Å². The first-order chi connectivity index (χ1) is 8.83. The highest BCUT2D eigenvalue weighted by atomic mass is 32.2. The summed E-state index contributed by atoms with van der Waals surface area (Å²) < 4.78 is 11.1. The summed E-state index contributed by atoms with van der Waals surface area (Å²) in [7, 11) is 0. The molecule has 2 rings (SSSR count). The number of benzene rings is 1. The second kappa shape index (κ2) is 6.92. The van der Waals surface area contributed by atoms with Gasteiger partial charge in [0.2, 0.25) is 0 Å². The topological polar surface area (TPSA) is 35.5 Å². The number of hydrogen-bond donors (Lipinski definition) is 0. The molecule has 1 aliphatic rings. The molecule has 0 aliphatic carbocycles. The zero-order valence-electron chi connectivity index (χ0n) is 10.5. The molecule has 4 heteroatoms. The van der Waals surface area contributed by atoms with Crippen molar-refractivity contribution in [2.24, 2.45) is 0 Å². The highest BCUT2D eigenvalue weighted by molar-refractivity contribution is 7.98. The smallest absolute Gasteiger partial charge is 0.153 e. The van der Waals surface area contributed by atoms with Crippen LogP contribution in [0.25, 0.3) is 0 Å². The molecule has 1 unspecified atom stereocenters. The van der Waals surface area contributed by atoms with E-state index < -0.39 is 6.10 Å². The molecule has 1 heterocycles. The van der Waals surface area contributed by atoms with Gasteiger partial charge in [0.15, 0.2) is 6.29 Å². The van der Waals surface area contributed by atoms with Crippen LogP contribution in [0.1, 0.15) is 24.5 Å². The number of ether oxygens (including phenoxy) is 2. The molecule has 0 radical (unpaired) electrons. The van der Waals surface area contributed by atoms with Gasteiger partial charge in [0, 0.05) is 18.1 Å². The van der Waals surface area contributed by atoms with Gasteiger partial charge in [-0.25, -0.2) is 0 Å². The van der Waals surface area contributed by atoms with Crippen LogP contribution in [0.5, 0.6) is 0 Å². The first kappa shape index (κ1) is 13.6. The van der Waals surface area contributed by atoms with Gasteiger partial charge < -0.3 is 14.3 Å². The standard InChI is InChI=1S/C14H18O3S/c1-18-13-4-2-11(3-5-13)14(10-15)17-12-6-8-16-9-7-12/h2-5,10,12,14H,6-9H2,1H3. The summed E-state index contributed by atoms with van der Waals surface area (Å²) in [5, 5.41) is 0. The normalized spacial score (nSPS) is 18.5. The molecule has 3 nitrogen and oxygen atoms in total. The molecule has 1 saturated heterocycles. The maximum atomic E-state index is 11.2. The van der Waals surface area contributed by atoms with Crippen LogP contribution in [-0.4, -0.2) is 31.9 Å². The van der Waals surface area contributed by atoms with Crippen LogP contribution in [0.4, 0.5) is 0 Å². The zero-order valence-corrected chi connectivity index (χ0v) is 11.3. The number of carbonyl (C=O) groups excluding carboxylic acids is 1. The molecule has 1 aromatic rings. The molecule has 0 aromatic heterocycles. The first-order valence-electron chi connectivity index (χ1n) is 6.16. The van der Waals surface area contributed by atoms with Crippen LogP contribution in [-0.2, 0) is 14.3 Å². The summed E-state index contributed by atoms with van der Waals surface area (Å²) in [4.78, 5) is 12.4. The Morgan fingerprint density at radius 1 is 1.33 bits per heavy atom. The van der Waals surface area contributed by atoms with Crippen molar-refractivity contribution in [1.82, 2.24) is 0 Å². The van der Waals surface area contributed by atoms with Gasteiger partial charge in [-0.05, 0) is 36.8 Å². The molecule has 0 N–H and O–H groups in total. The van der Waals surface area contributed by atoms with Crippen molar-refractivity contribution in [3.63, 3.8) is 0 Å². The lowest BCUT2D eigenvalue weighted by molar-refractivity contribution is -0.127. The van der Waals surface area contributed by atoms with E-state index in [1.807, 2.05) is 30.5 Å². The van der Waals surface area contributed by atoms with E-state index in [1.165, 1.54) is 4.90 Å². The predicted octanol–water partition coefficient (Wildman–Crippen LogP) is 2.84. The first-order valence-corrected chi connectivity index (χ1v) is 7.38. The SMILES string of the molecule is CSc1ccc(C(C=O)OC2CCOCC2)cc1. The number of hydrogen-bond acceptors (Lipinski definition) is 4. The number of rotatable bonds is 5. The monoisotopic (exact) mass is 266 g/mol. The average molecular weight is 266 g/mol. The summed E-state index contributed by atoms with van der Waals surface area (Å²) in [5.74, 6) is 0. The lowest BCUT2D eigenvalue weighted by Gasteiger charge is -2.25. The molecule has 1 atom stereocenters. The van der Waals surface area contributed by atoms with Gasteiger partial charge in [0.25, 0.3) is 0 Å². The third-order valence-electron chi connectivity index (χ3n) is 3.08. The quantitative estimate of drug-likeness (QED) is 0.606. The fourth-order valence-electron chi connectivity index (χ4n) is 2.00. The largest absolute Gasteiger partial charge is 0.381 e. The highest BCUT2D eigenvalue weighted by Crippen LogP contribution is 2.23. The van der Waals surface area contributed by atoms with E-state index >= 15 is 0 Å². The van der Waals surface area contributed by atoms with Gasteiger partial charge in [0.05, 0.1) is 6.10 Å². The maximum absolute atomic E-state index is 11.2. The van der Waals surface area contributed by atoms with Gasteiger partial charge in [-0.2, -0.15) is 0 Å². The minimum atomic E-state index is -0.455. The molecule has 0 spiro atoms. The third-order valence-corrected chi connectivity index (χ3v) is 3.82. The van der Waals surface area contributed by atoms with E-state index in [9.17, 15) is 4.79 Å². The van der Waals surface area contributed by atoms with Crippen molar-refractivity contribution in [2.75, 3.05) is 19.5 Å². The van der Waals surface area contributed by atoms with Crippen LogP contribution in [0.15, 0.2) is 29.2 Å². The molecule has 0 amide bonds. The van der Waals surface area contributed by atoms with Gasteiger partial charge in [-0.15, -0.1) is 11.8 Å². The maximum Gasteiger partial charge on any atom is 0.153 e. The van der Waals surface area contributed by atoms with Crippen molar-refractivity contribution in [2.45, 2.75) is 29.9 Å². The summed E-state index contributed by atoms with van der Waals surface area (Å²) in [6, 6.07) is 7.96. The lowest BCUT2D eigenvalue weighted by Crippen LogP contribution is -2.25. The molecule has 0 bridgehead atoms. The molecule has 0 saturated carbocycles. The van der Waals surface area contributed by atoms with Crippen LogP contribution in [0.3, 0.4) is 0 Å². The van der Waals surface area contributed by atoms with Crippen LogP contribution < -0.4 is 0 Å². The van der Waals surface area contributed by atoms with E-state index in [-0.39, 0.29) is 6.10 Å². The molecule has 18 heavy (non-hydrogen) atoms. The lowest BCUT2D eigenvalue weighted by atomic mass is 10.1. The minimum absolute atomic E-state index is 0.133. The van der Waals surface area contributed by atoms with E-state index in [1.54, 1.807) is 11.8 Å². The number of thioether (sulfide) groups is 1. The Hall–Kier alpha value is -0.840. The predicted molar refractivity (Wildman–Crippen MR) is 72.0 cm³/mol. The average Bonchev–Trinajstić information content (AvgIpc) is 2.46. The summed E-state index contributed by atoms with van der Waals surface area (Å²) in [6.45, 7) is 1.45. The molecule has 1 aliphatic heterocycles. The fraction of sp³-hybridized carbons (Fsp3) is 0.500. The number of aldehydes is 1. The van der Waals surface area contributed by atoms with Crippen LogP contribution in [0, 0.1) is 0 Å². The van der Waals surface area contributed by atoms with Crippen LogP contribution >= 0.6 is 11.8 Å². The summed E-state index contributed by atoms with van der Waals surface area (Å²) in [5.41, 5.74) is 0.925. The molecular formula is C14H18O3S. The Morgan fingerprint density at radius 2 is 2.00 bits per heavy atom. The van der Waals surface area contributed by atoms with Crippen LogP contribution in [0.2, 0.25) is 0 Å². The van der Waals surface area contributed by atoms with E-state index in [4.69, 9.17) is 9.47 Å². The van der Waals surface area contributed by atoms with E-state index in [2.05, 4.69) is 0 Å². The van der Waals surface area contributed by atoms with Crippen molar-refractivity contribution in [1.29, 1.82) is 0 Å². The van der Waals surface area contributed by atoms with Gasteiger partial charge in [0.1, 0.15) is 6.10 Å². The second-order valence-electron chi connectivity index (χ2n) is 4.28. The molecule has 98 valence electrons. The fourth-order valence-corrected chi connectivity index (χ4v) is 2.41. The Kier molecular flexibility index (Phi) is 5.23. The Labute approximate surface area is 112 Å². The summed E-state index contributed by atoms with van der Waals surface area (Å²) in [6.07, 6.45) is 4.33. The summed E-state index contributed by atoms with van der Waals surface area (Å²) >= 11 is 1.69. The molecular weight excluding hydrogens is 248 g/mol. The second-order valence-corrected chi connectivity index (χ2v) is 5.16. The van der Waals surface area contributed by atoms with Gasteiger partial charge >= 0.3 is 0 Å². The van der Waals surface area contributed by atoms with E-state index in [0.29, 0.717) is 0 Å². The zero-order chi connectivity index (χ0) is 12.8. The van der Waals surface area contributed by atoms with E-state index in [0.717, 1.165) is 37.9 Å². The van der Waals surface area contributed by atoms with Crippen molar-refractivity contribution in [3.8, 4) is 0 Å². The number of carbonyl (C=O) groups is 1. The van der Waals surface area contributed by atoms with Crippen molar-refractivity contribution >= 4 is 18.0 Å². The third kappa shape index (κ3) is 3.57. The highest BCUT2D eigenvalue weighted by Gasteiger charge is 2.20. The van der Waals surface area contributed by atoms with Crippen molar-refractivity contribution in [3.05, 3.63) is 29.8 Å². The Bertz CT molecular complexity index is 371. The Balaban J connectivity index is 1.99. The molecule has 1 fully saturated rings. The minimum Gasteiger partial charge on any atom is -0.381 e. The van der Waals surface area contributed by atoms with Crippen molar-refractivity contribution < 1.29 is 14.3 Å². The Morgan fingerprint density at radius 3 is 2.56 bits per heavy atom. The molecule has 1 aromatic carbocycles. The van der Waals surface area contributed by atoms with Gasteiger partial charge in [-0.1, -0.05) is 12.1 Å².